The first-order valence-electron chi connectivity index (χ1n) is 6.26. The van der Waals surface area contributed by atoms with Crippen molar-refractivity contribution in [1.82, 2.24) is 15.0 Å². The molecular weight excluding hydrogens is 260 g/mol. The summed E-state index contributed by atoms with van der Waals surface area (Å²) in [6.45, 7) is 6.05. The number of phenols is 1. The number of rotatable bonds is 4. The first kappa shape index (κ1) is 14.0. The first-order chi connectivity index (χ1) is 9.45. The summed E-state index contributed by atoms with van der Waals surface area (Å²) in [5, 5.41) is 20.4. The Hall–Kier alpha value is -2.44. The van der Waals surface area contributed by atoms with Gasteiger partial charge in [0, 0.05) is 12.6 Å². The van der Waals surface area contributed by atoms with Crippen LogP contribution in [-0.2, 0) is 11.3 Å². The Kier molecular flexibility index (Phi) is 3.69. The van der Waals surface area contributed by atoms with Crippen LogP contribution in [-0.4, -0.2) is 26.5 Å². The Morgan fingerprint density at radius 2 is 2.20 bits per heavy atom. The quantitative estimate of drug-likeness (QED) is 0.642. The lowest BCUT2D eigenvalue weighted by Gasteiger charge is -2.12. The maximum Gasteiger partial charge on any atom is 0.277 e. The van der Waals surface area contributed by atoms with E-state index >= 15 is 0 Å². The predicted molar refractivity (Wildman–Crippen MR) is 74.7 cm³/mol. The minimum absolute atomic E-state index is 0.141. The molecule has 0 fully saturated rings. The Morgan fingerprint density at radius 3 is 2.80 bits per heavy atom. The summed E-state index contributed by atoms with van der Waals surface area (Å²) in [7, 11) is 0. The molecule has 106 valence electrons. The number of phenolic OH excluding ortho intramolecular Hbond substituents is 1. The van der Waals surface area contributed by atoms with Crippen LogP contribution in [0.15, 0.2) is 10.9 Å². The molecule has 7 heteroatoms. The van der Waals surface area contributed by atoms with Gasteiger partial charge in [0.2, 0.25) is 6.41 Å². The van der Waals surface area contributed by atoms with Crippen LogP contribution in [0.4, 0.5) is 5.69 Å². The number of carbonyl (C=O) groups excluding carboxylic acids is 1. The maximum atomic E-state index is 12.4. The number of aromatic hydroxyl groups is 1. The standard InChI is InChI=1S/C13H16N4O3/c1-7(2)5-17-13(20)11-8(3)12(14-6-18)10(19)4-9(11)15-16-17/h4,6-7,19H,5H2,1-3H3,(H,14,18). The molecule has 1 aromatic heterocycles. The van der Waals surface area contributed by atoms with Crippen LogP contribution in [0.1, 0.15) is 19.4 Å². The Labute approximate surface area is 115 Å². The molecule has 2 aromatic rings. The first-order valence-corrected chi connectivity index (χ1v) is 6.26. The Balaban J connectivity index is 2.76. The normalized spacial score (nSPS) is 11.0. The number of benzene rings is 1. The lowest BCUT2D eigenvalue weighted by atomic mass is 10.1. The predicted octanol–water partition coefficient (Wildman–Crippen LogP) is 1.03. The van der Waals surface area contributed by atoms with Gasteiger partial charge in [0.1, 0.15) is 11.3 Å². The van der Waals surface area contributed by atoms with Crippen molar-refractivity contribution in [3.63, 3.8) is 0 Å². The van der Waals surface area contributed by atoms with Gasteiger partial charge in [0.15, 0.2) is 0 Å². The van der Waals surface area contributed by atoms with Gasteiger partial charge in [-0.3, -0.25) is 9.59 Å². The molecule has 0 radical (unpaired) electrons. The van der Waals surface area contributed by atoms with Crippen LogP contribution in [0.3, 0.4) is 0 Å². The highest BCUT2D eigenvalue weighted by Gasteiger charge is 2.15. The van der Waals surface area contributed by atoms with Gasteiger partial charge < -0.3 is 10.4 Å². The fourth-order valence-electron chi connectivity index (χ4n) is 2.11. The number of amides is 1. The van der Waals surface area contributed by atoms with Gasteiger partial charge in [-0.1, -0.05) is 19.1 Å². The second-order valence-electron chi connectivity index (χ2n) is 5.02. The molecule has 20 heavy (non-hydrogen) atoms. The number of fused-ring (bicyclic) bond motifs is 1. The second-order valence-corrected chi connectivity index (χ2v) is 5.02. The van der Waals surface area contributed by atoms with Gasteiger partial charge in [-0.05, 0) is 18.4 Å². The Bertz CT molecular complexity index is 722. The lowest BCUT2D eigenvalue weighted by Crippen LogP contribution is -2.27. The van der Waals surface area contributed by atoms with E-state index < -0.39 is 0 Å². The molecular formula is C13H16N4O3. The maximum absolute atomic E-state index is 12.4. The number of nitrogens with zero attached hydrogens (tertiary/aromatic N) is 3. The molecule has 1 aromatic carbocycles. The smallest absolute Gasteiger partial charge is 0.277 e. The second kappa shape index (κ2) is 5.28. The van der Waals surface area contributed by atoms with Crippen molar-refractivity contribution in [2.45, 2.75) is 27.3 Å². The molecule has 1 heterocycles. The van der Waals surface area contributed by atoms with E-state index in [1.807, 2.05) is 13.8 Å². The highest BCUT2D eigenvalue weighted by atomic mass is 16.3. The van der Waals surface area contributed by atoms with Gasteiger partial charge in [-0.25, -0.2) is 4.68 Å². The zero-order valence-electron chi connectivity index (χ0n) is 11.5. The topological polar surface area (TPSA) is 97.1 Å². The van der Waals surface area contributed by atoms with E-state index in [9.17, 15) is 14.7 Å². The van der Waals surface area contributed by atoms with Crippen molar-refractivity contribution in [2.24, 2.45) is 5.92 Å². The van der Waals surface area contributed by atoms with E-state index in [1.165, 1.54) is 10.7 Å². The van der Waals surface area contributed by atoms with Crippen LogP contribution in [0, 0.1) is 12.8 Å². The molecule has 0 atom stereocenters. The van der Waals surface area contributed by atoms with Gasteiger partial charge in [-0.15, -0.1) is 5.10 Å². The van der Waals surface area contributed by atoms with E-state index in [4.69, 9.17) is 0 Å². The van der Waals surface area contributed by atoms with E-state index in [-0.39, 0.29) is 22.9 Å². The van der Waals surface area contributed by atoms with E-state index in [0.717, 1.165) is 0 Å². The molecule has 2 rings (SSSR count). The average Bonchev–Trinajstić information content (AvgIpc) is 2.37. The zero-order chi connectivity index (χ0) is 14.9. The van der Waals surface area contributed by atoms with Crippen molar-refractivity contribution < 1.29 is 9.90 Å². The number of aryl methyl sites for hydroxylation is 1. The van der Waals surface area contributed by atoms with Crippen LogP contribution in [0.5, 0.6) is 5.75 Å². The largest absolute Gasteiger partial charge is 0.506 e. The molecule has 0 unspecified atom stereocenters. The Morgan fingerprint density at radius 1 is 1.50 bits per heavy atom. The van der Waals surface area contributed by atoms with Crippen molar-refractivity contribution in [3.05, 3.63) is 22.0 Å². The summed E-state index contributed by atoms with van der Waals surface area (Å²) >= 11 is 0. The summed E-state index contributed by atoms with van der Waals surface area (Å²) < 4.78 is 1.29. The van der Waals surface area contributed by atoms with Gasteiger partial charge in [0.05, 0.1) is 11.1 Å². The van der Waals surface area contributed by atoms with E-state index in [2.05, 4.69) is 15.6 Å². The van der Waals surface area contributed by atoms with Gasteiger partial charge >= 0.3 is 0 Å². The van der Waals surface area contributed by atoms with Crippen LogP contribution in [0.25, 0.3) is 10.9 Å². The van der Waals surface area contributed by atoms with Gasteiger partial charge in [-0.2, -0.15) is 0 Å². The number of hydrogen-bond acceptors (Lipinski definition) is 5. The fourth-order valence-corrected chi connectivity index (χ4v) is 2.11. The summed E-state index contributed by atoms with van der Waals surface area (Å²) in [6, 6.07) is 1.32. The molecule has 0 saturated carbocycles. The SMILES string of the molecule is Cc1c(NC=O)c(O)cc2nnn(CC(C)C)c(=O)c12. The lowest BCUT2D eigenvalue weighted by molar-refractivity contribution is -0.105. The molecule has 0 aliphatic heterocycles. The third-order valence-electron chi connectivity index (χ3n) is 2.99. The zero-order valence-corrected chi connectivity index (χ0v) is 11.5. The van der Waals surface area contributed by atoms with Crippen LogP contribution < -0.4 is 10.9 Å². The highest BCUT2D eigenvalue weighted by Crippen LogP contribution is 2.31. The van der Waals surface area contributed by atoms with Gasteiger partial charge in [0.25, 0.3) is 5.56 Å². The number of carbonyl (C=O) groups is 1. The molecule has 7 nitrogen and oxygen atoms in total. The minimum atomic E-state index is -0.282. The van der Waals surface area contributed by atoms with Crippen molar-refractivity contribution in [3.8, 4) is 5.75 Å². The number of aromatic nitrogens is 3. The van der Waals surface area contributed by atoms with Crippen molar-refractivity contribution in [2.75, 3.05) is 5.32 Å². The summed E-state index contributed by atoms with van der Waals surface area (Å²) in [5.74, 6) is 0.113. The number of hydrogen-bond donors (Lipinski definition) is 2. The molecule has 0 aliphatic carbocycles. The third-order valence-corrected chi connectivity index (χ3v) is 2.99. The monoisotopic (exact) mass is 276 g/mol. The molecule has 2 N–H and O–H groups in total. The summed E-state index contributed by atoms with van der Waals surface area (Å²) in [6.07, 6.45) is 0.454. The molecule has 1 amide bonds. The van der Waals surface area contributed by atoms with E-state index in [1.54, 1.807) is 6.92 Å². The molecule has 0 aliphatic rings. The fraction of sp³-hybridized carbons (Fsp3) is 0.385. The third kappa shape index (κ3) is 2.34. The number of nitrogens with one attached hydrogen (secondary N) is 1. The van der Waals surface area contributed by atoms with E-state index in [0.29, 0.717) is 29.4 Å². The minimum Gasteiger partial charge on any atom is -0.506 e. The van der Waals surface area contributed by atoms with Crippen LogP contribution in [0.2, 0.25) is 0 Å². The molecule has 0 spiro atoms. The highest BCUT2D eigenvalue weighted by molar-refractivity contribution is 5.92. The average molecular weight is 276 g/mol. The van der Waals surface area contributed by atoms with Crippen molar-refractivity contribution >= 4 is 23.0 Å². The molecule has 0 saturated heterocycles. The van der Waals surface area contributed by atoms with Crippen molar-refractivity contribution in [1.29, 1.82) is 0 Å². The molecule has 0 bridgehead atoms. The summed E-state index contributed by atoms with van der Waals surface area (Å²) in [4.78, 5) is 23.0. The van der Waals surface area contributed by atoms with Crippen LogP contribution >= 0.6 is 0 Å². The number of anilines is 1. The summed E-state index contributed by atoms with van der Waals surface area (Å²) in [5.41, 5.74) is 0.717.